The molecule has 6 heteroatoms. The molecule has 6 nitrogen and oxygen atoms in total. The average molecular weight is 408 g/mol. The molecular formula is C24H28N2O4. The molecule has 0 aromatic heterocycles. The van der Waals surface area contributed by atoms with E-state index in [1.807, 2.05) is 53.4 Å². The van der Waals surface area contributed by atoms with Crippen molar-refractivity contribution in [2.24, 2.45) is 5.41 Å². The minimum atomic E-state index is -0.0129. The van der Waals surface area contributed by atoms with Crippen LogP contribution in [0.1, 0.15) is 35.2 Å². The Morgan fingerprint density at radius 1 is 1.07 bits per heavy atom. The Labute approximate surface area is 177 Å². The lowest BCUT2D eigenvalue weighted by Crippen LogP contribution is -2.42. The van der Waals surface area contributed by atoms with Gasteiger partial charge in [0.25, 0.3) is 5.91 Å². The Bertz CT molecular complexity index is 920. The van der Waals surface area contributed by atoms with E-state index in [4.69, 9.17) is 9.47 Å². The summed E-state index contributed by atoms with van der Waals surface area (Å²) in [5.41, 5.74) is 1.68. The van der Waals surface area contributed by atoms with Gasteiger partial charge in [-0.1, -0.05) is 18.2 Å². The first-order valence-electron chi connectivity index (χ1n) is 10.4. The molecule has 0 radical (unpaired) electrons. The van der Waals surface area contributed by atoms with E-state index in [9.17, 15) is 9.59 Å². The van der Waals surface area contributed by atoms with Crippen LogP contribution in [-0.4, -0.2) is 50.1 Å². The van der Waals surface area contributed by atoms with Crippen LogP contribution in [0.4, 0.5) is 0 Å². The number of amides is 2. The van der Waals surface area contributed by atoms with Gasteiger partial charge < -0.3 is 19.7 Å². The number of methoxy groups -OCH3 is 2. The monoisotopic (exact) mass is 408 g/mol. The number of ether oxygens (including phenoxy) is 2. The van der Waals surface area contributed by atoms with Crippen molar-refractivity contribution in [2.45, 2.75) is 31.7 Å². The molecule has 1 heterocycles. The van der Waals surface area contributed by atoms with Crippen LogP contribution in [0, 0.1) is 5.41 Å². The van der Waals surface area contributed by atoms with E-state index in [2.05, 4.69) is 5.32 Å². The van der Waals surface area contributed by atoms with Gasteiger partial charge in [0.2, 0.25) is 5.91 Å². The SMILES string of the molecule is COc1ccc(OC)c(CC(=O)N2CCC3(CC2)CC3NC(=O)c2ccccc2)c1. The molecule has 1 saturated carbocycles. The Morgan fingerprint density at radius 3 is 2.47 bits per heavy atom. The summed E-state index contributed by atoms with van der Waals surface area (Å²) in [6.45, 7) is 1.45. The van der Waals surface area contributed by atoms with E-state index in [1.54, 1.807) is 14.2 Å². The normalized spacial score (nSPS) is 19.3. The lowest BCUT2D eigenvalue weighted by Gasteiger charge is -2.33. The van der Waals surface area contributed by atoms with Crippen molar-refractivity contribution >= 4 is 11.8 Å². The molecule has 158 valence electrons. The third kappa shape index (κ3) is 4.13. The summed E-state index contributed by atoms with van der Waals surface area (Å²) >= 11 is 0. The van der Waals surface area contributed by atoms with Gasteiger partial charge in [-0.15, -0.1) is 0 Å². The Hall–Kier alpha value is -3.02. The number of hydrogen-bond acceptors (Lipinski definition) is 4. The molecule has 1 aliphatic heterocycles. The molecule has 1 spiro atoms. The molecule has 1 N–H and O–H groups in total. The fourth-order valence-corrected chi connectivity index (χ4v) is 4.43. The molecule has 4 rings (SSSR count). The van der Waals surface area contributed by atoms with Gasteiger partial charge in [0.05, 0.1) is 20.6 Å². The summed E-state index contributed by atoms with van der Waals surface area (Å²) in [5.74, 6) is 1.50. The van der Waals surface area contributed by atoms with Gasteiger partial charge in [0.1, 0.15) is 11.5 Å². The Balaban J connectivity index is 1.31. The third-order valence-corrected chi connectivity index (χ3v) is 6.47. The standard InChI is InChI=1S/C24H28N2O4/c1-29-19-8-9-20(30-2)18(14-19)15-22(27)26-12-10-24(11-13-26)16-21(24)25-23(28)17-6-4-3-5-7-17/h3-9,14,21H,10-13,15-16H2,1-2H3,(H,25,28). The van der Waals surface area contributed by atoms with E-state index in [0.717, 1.165) is 37.9 Å². The highest BCUT2D eigenvalue weighted by Crippen LogP contribution is 2.54. The summed E-state index contributed by atoms with van der Waals surface area (Å²) in [7, 11) is 3.22. The van der Waals surface area contributed by atoms with Crippen molar-refractivity contribution in [1.29, 1.82) is 0 Å². The van der Waals surface area contributed by atoms with Crippen LogP contribution in [0.3, 0.4) is 0 Å². The number of nitrogens with zero attached hydrogens (tertiary/aromatic N) is 1. The number of nitrogens with one attached hydrogen (secondary N) is 1. The zero-order valence-corrected chi connectivity index (χ0v) is 17.5. The van der Waals surface area contributed by atoms with Crippen molar-refractivity contribution in [2.75, 3.05) is 27.3 Å². The molecule has 1 aliphatic carbocycles. The van der Waals surface area contributed by atoms with Crippen LogP contribution in [-0.2, 0) is 11.2 Å². The van der Waals surface area contributed by atoms with Crippen LogP contribution in [0.5, 0.6) is 11.5 Å². The molecule has 2 aromatic rings. The smallest absolute Gasteiger partial charge is 0.251 e. The molecule has 2 aromatic carbocycles. The van der Waals surface area contributed by atoms with Crippen molar-refractivity contribution in [3.8, 4) is 11.5 Å². The van der Waals surface area contributed by atoms with Crippen LogP contribution in [0.2, 0.25) is 0 Å². The highest BCUT2D eigenvalue weighted by Gasteiger charge is 2.55. The second-order valence-corrected chi connectivity index (χ2v) is 8.19. The first-order chi connectivity index (χ1) is 14.5. The zero-order chi connectivity index (χ0) is 21.1. The van der Waals surface area contributed by atoms with Gasteiger partial charge in [0.15, 0.2) is 0 Å². The van der Waals surface area contributed by atoms with Crippen molar-refractivity contribution in [1.82, 2.24) is 10.2 Å². The fraction of sp³-hybridized carbons (Fsp3) is 0.417. The van der Waals surface area contributed by atoms with Gasteiger partial charge in [-0.25, -0.2) is 0 Å². The molecular weight excluding hydrogens is 380 g/mol. The highest BCUT2D eigenvalue weighted by molar-refractivity contribution is 5.94. The number of piperidine rings is 1. The van der Waals surface area contributed by atoms with Crippen LogP contribution in [0.25, 0.3) is 0 Å². The Morgan fingerprint density at radius 2 is 1.80 bits per heavy atom. The molecule has 1 saturated heterocycles. The first kappa shape index (κ1) is 20.3. The van der Waals surface area contributed by atoms with E-state index in [1.165, 1.54) is 0 Å². The first-order valence-corrected chi connectivity index (χ1v) is 10.4. The van der Waals surface area contributed by atoms with Gasteiger partial charge in [-0.3, -0.25) is 9.59 Å². The number of carbonyl (C=O) groups excluding carboxylic acids is 2. The van der Waals surface area contributed by atoms with Crippen molar-refractivity contribution in [3.05, 3.63) is 59.7 Å². The summed E-state index contributed by atoms with van der Waals surface area (Å²) < 4.78 is 10.7. The maximum absolute atomic E-state index is 12.9. The second-order valence-electron chi connectivity index (χ2n) is 8.19. The number of likely N-dealkylation sites (tertiary alicyclic amines) is 1. The minimum absolute atomic E-state index is 0.0129. The third-order valence-electron chi connectivity index (χ3n) is 6.47. The van der Waals surface area contributed by atoms with Crippen LogP contribution < -0.4 is 14.8 Å². The lowest BCUT2D eigenvalue weighted by molar-refractivity contribution is -0.132. The largest absolute Gasteiger partial charge is 0.497 e. The van der Waals surface area contributed by atoms with Crippen LogP contribution in [0.15, 0.2) is 48.5 Å². The average Bonchev–Trinajstić information content (AvgIpc) is 3.44. The highest BCUT2D eigenvalue weighted by atomic mass is 16.5. The predicted octanol–water partition coefficient (Wildman–Crippen LogP) is 3.06. The van der Waals surface area contributed by atoms with Crippen LogP contribution >= 0.6 is 0 Å². The van der Waals surface area contributed by atoms with Gasteiger partial charge in [-0.05, 0) is 55.0 Å². The van der Waals surface area contributed by atoms with Gasteiger partial charge >= 0.3 is 0 Å². The molecule has 0 bridgehead atoms. The molecule has 30 heavy (non-hydrogen) atoms. The summed E-state index contributed by atoms with van der Waals surface area (Å²) in [6.07, 6.45) is 3.14. The predicted molar refractivity (Wildman–Crippen MR) is 114 cm³/mol. The van der Waals surface area contributed by atoms with E-state index >= 15 is 0 Å². The number of carbonyl (C=O) groups is 2. The van der Waals surface area contributed by atoms with Gasteiger partial charge in [-0.2, -0.15) is 0 Å². The topological polar surface area (TPSA) is 67.9 Å². The second kappa shape index (κ2) is 8.38. The molecule has 1 unspecified atom stereocenters. The molecule has 1 atom stereocenters. The van der Waals surface area contributed by atoms with E-state index < -0.39 is 0 Å². The Kier molecular flexibility index (Phi) is 5.66. The molecule has 2 aliphatic rings. The van der Waals surface area contributed by atoms with E-state index in [-0.39, 0.29) is 23.3 Å². The molecule has 2 fully saturated rings. The quantitative estimate of drug-likeness (QED) is 0.798. The summed E-state index contributed by atoms with van der Waals surface area (Å²) in [4.78, 5) is 27.2. The zero-order valence-electron chi connectivity index (χ0n) is 17.5. The van der Waals surface area contributed by atoms with E-state index in [0.29, 0.717) is 23.5 Å². The lowest BCUT2D eigenvalue weighted by atomic mass is 9.92. The summed E-state index contributed by atoms with van der Waals surface area (Å²) in [5, 5.41) is 3.17. The maximum Gasteiger partial charge on any atom is 0.251 e. The minimum Gasteiger partial charge on any atom is -0.497 e. The molecule has 2 amide bonds. The maximum atomic E-state index is 12.9. The number of rotatable bonds is 6. The number of hydrogen-bond donors (Lipinski definition) is 1. The fourth-order valence-electron chi connectivity index (χ4n) is 4.43. The van der Waals surface area contributed by atoms with Crippen molar-refractivity contribution in [3.63, 3.8) is 0 Å². The van der Waals surface area contributed by atoms with Crippen molar-refractivity contribution < 1.29 is 19.1 Å². The summed E-state index contributed by atoms with van der Waals surface area (Å²) in [6, 6.07) is 15.0. The van der Waals surface area contributed by atoms with Gasteiger partial charge in [0, 0.05) is 30.3 Å². The number of benzene rings is 2.